The number of benzene rings is 1. The first-order valence-electron chi connectivity index (χ1n) is 7.44. The summed E-state index contributed by atoms with van der Waals surface area (Å²) in [6.45, 7) is 3.70. The molecule has 1 aliphatic rings. The second-order valence-electron chi connectivity index (χ2n) is 5.81. The van der Waals surface area contributed by atoms with Crippen LogP contribution in [0.2, 0.25) is 5.02 Å². The molecule has 4 nitrogen and oxygen atoms in total. The SMILES string of the molecule is Cc1ccc(Cl)c(OC(C)C(=O)NC2CCC(N)CC2)c1.Cl. The predicted octanol–water partition coefficient (Wildman–Crippen LogP) is 3.22. The third-order valence-corrected chi connectivity index (χ3v) is 4.19. The van der Waals surface area contributed by atoms with Crippen LogP contribution in [0.15, 0.2) is 18.2 Å². The van der Waals surface area contributed by atoms with Crippen molar-refractivity contribution in [1.29, 1.82) is 0 Å². The van der Waals surface area contributed by atoms with Crippen LogP contribution in [0, 0.1) is 6.92 Å². The lowest BCUT2D eigenvalue weighted by molar-refractivity contribution is -0.128. The Balaban J connectivity index is 0.00000242. The molecule has 0 saturated heterocycles. The molecule has 1 aromatic rings. The van der Waals surface area contributed by atoms with Gasteiger partial charge in [0.1, 0.15) is 5.75 Å². The smallest absolute Gasteiger partial charge is 0.260 e. The summed E-state index contributed by atoms with van der Waals surface area (Å²) in [6, 6.07) is 6.00. The Bertz CT molecular complexity index is 503. The van der Waals surface area contributed by atoms with Crippen molar-refractivity contribution in [3.8, 4) is 5.75 Å². The van der Waals surface area contributed by atoms with E-state index in [9.17, 15) is 4.79 Å². The lowest BCUT2D eigenvalue weighted by atomic mass is 9.92. The fourth-order valence-corrected chi connectivity index (χ4v) is 2.69. The van der Waals surface area contributed by atoms with E-state index in [4.69, 9.17) is 22.1 Å². The van der Waals surface area contributed by atoms with Crippen molar-refractivity contribution in [2.75, 3.05) is 0 Å². The summed E-state index contributed by atoms with van der Waals surface area (Å²) in [5.74, 6) is 0.443. The Morgan fingerprint density at radius 3 is 2.64 bits per heavy atom. The van der Waals surface area contributed by atoms with Gasteiger partial charge in [-0.1, -0.05) is 17.7 Å². The second-order valence-corrected chi connectivity index (χ2v) is 6.22. The van der Waals surface area contributed by atoms with E-state index in [2.05, 4.69) is 5.32 Å². The molecule has 1 fully saturated rings. The number of nitrogens with two attached hydrogens (primary N) is 1. The minimum atomic E-state index is -0.570. The van der Waals surface area contributed by atoms with Crippen molar-refractivity contribution in [2.45, 2.75) is 57.7 Å². The average Bonchev–Trinajstić information content (AvgIpc) is 2.45. The molecule has 0 spiro atoms. The molecule has 2 rings (SSSR count). The van der Waals surface area contributed by atoms with Crippen LogP contribution in [-0.2, 0) is 4.79 Å². The number of amides is 1. The van der Waals surface area contributed by atoms with Crippen molar-refractivity contribution in [3.63, 3.8) is 0 Å². The van der Waals surface area contributed by atoms with Crippen LogP contribution >= 0.6 is 24.0 Å². The van der Waals surface area contributed by atoms with E-state index in [0.717, 1.165) is 31.2 Å². The van der Waals surface area contributed by atoms with Gasteiger partial charge in [0.2, 0.25) is 0 Å². The minimum Gasteiger partial charge on any atom is -0.479 e. The minimum absolute atomic E-state index is 0. The number of carbonyl (C=O) groups is 1. The highest BCUT2D eigenvalue weighted by Crippen LogP contribution is 2.26. The van der Waals surface area contributed by atoms with E-state index in [0.29, 0.717) is 10.8 Å². The molecule has 0 bridgehead atoms. The summed E-state index contributed by atoms with van der Waals surface area (Å²) in [5, 5.41) is 3.55. The van der Waals surface area contributed by atoms with Crippen molar-refractivity contribution in [2.24, 2.45) is 5.73 Å². The topological polar surface area (TPSA) is 64.3 Å². The van der Waals surface area contributed by atoms with E-state index in [1.807, 2.05) is 19.1 Å². The van der Waals surface area contributed by atoms with Gasteiger partial charge >= 0.3 is 0 Å². The van der Waals surface area contributed by atoms with Crippen LogP contribution in [0.3, 0.4) is 0 Å². The Labute approximate surface area is 143 Å². The van der Waals surface area contributed by atoms with Gasteiger partial charge in [-0.15, -0.1) is 12.4 Å². The normalized spacial score (nSPS) is 22.4. The molecule has 1 unspecified atom stereocenters. The van der Waals surface area contributed by atoms with Crippen LogP contribution in [-0.4, -0.2) is 24.1 Å². The van der Waals surface area contributed by atoms with Gasteiger partial charge in [-0.3, -0.25) is 4.79 Å². The van der Waals surface area contributed by atoms with E-state index in [1.165, 1.54) is 0 Å². The Kier molecular flexibility index (Phi) is 7.46. The summed E-state index contributed by atoms with van der Waals surface area (Å²) >= 11 is 6.08. The number of hydrogen-bond acceptors (Lipinski definition) is 3. The number of ether oxygens (including phenoxy) is 1. The lowest BCUT2D eigenvalue weighted by Crippen LogP contribution is -2.45. The number of halogens is 2. The van der Waals surface area contributed by atoms with Crippen LogP contribution in [0.25, 0.3) is 0 Å². The highest BCUT2D eigenvalue weighted by molar-refractivity contribution is 6.32. The van der Waals surface area contributed by atoms with Crippen molar-refractivity contribution < 1.29 is 9.53 Å². The zero-order chi connectivity index (χ0) is 15.4. The van der Waals surface area contributed by atoms with Gasteiger partial charge in [0.05, 0.1) is 5.02 Å². The zero-order valence-corrected chi connectivity index (χ0v) is 14.5. The molecule has 6 heteroatoms. The number of rotatable bonds is 4. The molecule has 0 aliphatic heterocycles. The van der Waals surface area contributed by atoms with Gasteiger partial charge in [0.25, 0.3) is 5.91 Å². The van der Waals surface area contributed by atoms with Gasteiger partial charge in [0.15, 0.2) is 6.10 Å². The maximum Gasteiger partial charge on any atom is 0.260 e. The largest absolute Gasteiger partial charge is 0.479 e. The highest BCUT2D eigenvalue weighted by atomic mass is 35.5. The number of carbonyl (C=O) groups excluding carboxylic acids is 1. The molecule has 22 heavy (non-hydrogen) atoms. The number of hydrogen-bond donors (Lipinski definition) is 2. The highest BCUT2D eigenvalue weighted by Gasteiger charge is 2.23. The fourth-order valence-electron chi connectivity index (χ4n) is 2.53. The molecule has 1 aliphatic carbocycles. The maximum atomic E-state index is 12.2. The van der Waals surface area contributed by atoms with E-state index < -0.39 is 6.10 Å². The summed E-state index contributed by atoms with van der Waals surface area (Å²) in [7, 11) is 0. The van der Waals surface area contributed by atoms with Crippen molar-refractivity contribution in [3.05, 3.63) is 28.8 Å². The first kappa shape index (κ1) is 19.1. The summed E-state index contributed by atoms with van der Waals surface area (Å²) < 4.78 is 5.68. The van der Waals surface area contributed by atoms with E-state index in [1.54, 1.807) is 13.0 Å². The number of aryl methyl sites for hydroxylation is 1. The molecule has 1 aromatic carbocycles. The maximum absolute atomic E-state index is 12.2. The van der Waals surface area contributed by atoms with Gasteiger partial charge in [-0.05, 0) is 57.2 Å². The third-order valence-electron chi connectivity index (χ3n) is 3.88. The Hall–Kier alpha value is -0.970. The molecule has 3 N–H and O–H groups in total. The Morgan fingerprint density at radius 1 is 1.36 bits per heavy atom. The first-order chi connectivity index (χ1) is 9.95. The van der Waals surface area contributed by atoms with Gasteiger partial charge in [-0.2, -0.15) is 0 Å². The lowest BCUT2D eigenvalue weighted by Gasteiger charge is -2.28. The molecule has 1 atom stereocenters. The van der Waals surface area contributed by atoms with Crippen LogP contribution in [0.1, 0.15) is 38.2 Å². The molecule has 1 saturated carbocycles. The summed E-state index contributed by atoms with van der Waals surface area (Å²) in [4.78, 5) is 12.2. The summed E-state index contributed by atoms with van der Waals surface area (Å²) in [6.07, 6.45) is 3.23. The quantitative estimate of drug-likeness (QED) is 0.879. The molecule has 0 radical (unpaired) electrons. The first-order valence-corrected chi connectivity index (χ1v) is 7.82. The average molecular weight is 347 g/mol. The molecular weight excluding hydrogens is 323 g/mol. The van der Waals surface area contributed by atoms with Crippen LogP contribution < -0.4 is 15.8 Å². The van der Waals surface area contributed by atoms with Gasteiger partial charge < -0.3 is 15.8 Å². The third kappa shape index (κ3) is 5.34. The van der Waals surface area contributed by atoms with Crippen LogP contribution in [0.4, 0.5) is 0 Å². The zero-order valence-electron chi connectivity index (χ0n) is 13.0. The van der Waals surface area contributed by atoms with E-state index >= 15 is 0 Å². The molecule has 1 amide bonds. The molecule has 0 aromatic heterocycles. The van der Waals surface area contributed by atoms with Gasteiger partial charge in [0, 0.05) is 12.1 Å². The van der Waals surface area contributed by atoms with Crippen molar-refractivity contribution >= 4 is 29.9 Å². The standard InChI is InChI=1S/C16H23ClN2O2.ClH/c1-10-3-8-14(17)15(9-10)21-11(2)16(20)19-13-6-4-12(18)5-7-13;/h3,8-9,11-13H,4-7,18H2,1-2H3,(H,19,20);1H. The second kappa shape index (κ2) is 8.61. The molecule has 0 heterocycles. The van der Waals surface area contributed by atoms with Crippen LogP contribution in [0.5, 0.6) is 5.75 Å². The monoisotopic (exact) mass is 346 g/mol. The van der Waals surface area contributed by atoms with Gasteiger partial charge in [-0.25, -0.2) is 0 Å². The predicted molar refractivity (Wildman–Crippen MR) is 91.9 cm³/mol. The van der Waals surface area contributed by atoms with Crippen molar-refractivity contribution in [1.82, 2.24) is 5.32 Å². The molecule has 124 valence electrons. The van der Waals surface area contributed by atoms with E-state index in [-0.39, 0.29) is 30.4 Å². The Morgan fingerprint density at radius 2 is 2.00 bits per heavy atom. The number of nitrogens with one attached hydrogen (secondary N) is 1. The molecular formula is C16H24Cl2N2O2. The summed E-state index contributed by atoms with van der Waals surface area (Å²) in [5.41, 5.74) is 6.91. The fraction of sp³-hybridized carbons (Fsp3) is 0.562.